The Balaban J connectivity index is 1.83. The van der Waals surface area contributed by atoms with Crippen LogP contribution in [0.1, 0.15) is 16.1 Å². The number of hydrogen-bond donors (Lipinski definition) is 2. The van der Waals surface area contributed by atoms with Gasteiger partial charge in [-0.25, -0.2) is 4.39 Å². The minimum Gasteiger partial charge on any atom is -0.355 e. The number of carbonyl (C=O) groups is 1. The van der Waals surface area contributed by atoms with E-state index in [0.717, 1.165) is 10.6 Å². The van der Waals surface area contributed by atoms with Gasteiger partial charge >= 0.3 is 0 Å². The second-order valence-electron chi connectivity index (χ2n) is 4.43. The van der Waals surface area contributed by atoms with E-state index in [2.05, 4.69) is 10.3 Å². The molecule has 6 heteroatoms. The summed E-state index contributed by atoms with van der Waals surface area (Å²) in [5.41, 5.74) is 1.55. The molecule has 2 N–H and O–H groups in total. The Bertz CT molecular complexity index is 663. The third kappa shape index (κ3) is 3.98. The number of thiazole rings is 1. The van der Waals surface area contributed by atoms with Crippen molar-refractivity contribution < 1.29 is 9.18 Å². The van der Waals surface area contributed by atoms with Gasteiger partial charge in [-0.05, 0) is 37.2 Å². The summed E-state index contributed by atoms with van der Waals surface area (Å²) in [6, 6.07) is 6.59. The van der Waals surface area contributed by atoms with E-state index < -0.39 is 0 Å². The van der Waals surface area contributed by atoms with Crippen LogP contribution < -0.4 is 5.32 Å². The van der Waals surface area contributed by atoms with Gasteiger partial charge in [0.1, 0.15) is 5.82 Å². The molecule has 0 aliphatic carbocycles. The molecule has 2 rings (SSSR count). The Kier molecular flexibility index (Phi) is 5.03. The summed E-state index contributed by atoms with van der Waals surface area (Å²) >= 11 is 6.44. The number of halogens is 1. The largest absolute Gasteiger partial charge is 0.355 e. The van der Waals surface area contributed by atoms with Crippen LogP contribution in [0.25, 0.3) is 0 Å². The zero-order valence-corrected chi connectivity index (χ0v) is 12.7. The Hall–Kier alpha value is -1.53. The lowest BCUT2D eigenvalue weighted by Gasteiger charge is -2.05. The van der Waals surface area contributed by atoms with Crippen molar-refractivity contribution in [1.29, 1.82) is 0 Å². The summed E-state index contributed by atoms with van der Waals surface area (Å²) in [6.07, 6.45) is 0.793. The first kappa shape index (κ1) is 14.9. The number of rotatable bonds is 5. The molecule has 106 valence electrons. The van der Waals surface area contributed by atoms with Crippen molar-refractivity contribution in [1.82, 2.24) is 10.3 Å². The number of H-pyrrole nitrogens is 1. The highest BCUT2D eigenvalue weighted by Gasteiger charge is 2.08. The summed E-state index contributed by atoms with van der Waals surface area (Å²) in [5.74, 6) is -0.309. The molecule has 3 nitrogen and oxygen atoms in total. The first-order chi connectivity index (χ1) is 9.56. The minimum absolute atomic E-state index is 0.0744. The van der Waals surface area contributed by atoms with Gasteiger partial charge in [-0.1, -0.05) is 18.2 Å². The predicted molar refractivity (Wildman–Crippen MR) is 81.1 cm³/mol. The quantitative estimate of drug-likeness (QED) is 0.833. The molecule has 0 aliphatic heterocycles. The van der Waals surface area contributed by atoms with Crippen LogP contribution in [-0.4, -0.2) is 17.4 Å². The molecule has 0 radical (unpaired) electrons. The summed E-state index contributed by atoms with van der Waals surface area (Å²) in [4.78, 5) is 15.8. The molecule has 0 saturated heterocycles. The van der Waals surface area contributed by atoms with Crippen LogP contribution in [0, 0.1) is 16.7 Å². The summed E-state index contributed by atoms with van der Waals surface area (Å²) < 4.78 is 14.1. The SMILES string of the molecule is Cc1[nH]c(=S)sc1CC(=O)NCCc1ccccc1F. The molecule has 0 fully saturated rings. The van der Waals surface area contributed by atoms with Crippen LogP contribution in [0.3, 0.4) is 0 Å². The smallest absolute Gasteiger partial charge is 0.225 e. The molecule has 0 bridgehead atoms. The third-order valence-electron chi connectivity index (χ3n) is 2.92. The maximum absolute atomic E-state index is 13.4. The molecule has 1 heterocycles. The van der Waals surface area contributed by atoms with Gasteiger partial charge in [-0.2, -0.15) is 0 Å². The highest BCUT2D eigenvalue weighted by Crippen LogP contribution is 2.14. The molecule has 1 aromatic carbocycles. The fourth-order valence-electron chi connectivity index (χ4n) is 1.85. The number of carbonyl (C=O) groups excluding carboxylic acids is 1. The first-order valence-electron chi connectivity index (χ1n) is 6.25. The van der Waals surface area contributed by atoms with Gasteiger partial charge < -0.3 is 10.3 Å². The Labute approximate surface area is 125 Å². The maximum Gasteiger partial charge on any atom is 0.225 e. The fourth-order valence-corrected chi connectivity index (χ4v) is 3.14. The third-order valence-corrected chi connectivity index (χ3v) is 4.26. The van der Waals surface area contributed by atoms with Gasteiger partial charge in [0.25, 0.3) is 0 Å². The Morgan fingerprint density at radius 2 is 2.20 bits per heavy atom. The van der Waals surface area contributed by atoms with E-state index in [-0.39, 0.29) is 11.7 Å². The molecule has 0 atom stereocenters. The van der Waals surface area contributed by atoms with Gasteiger partial charge in [0.2, 0.25) is 5.91 Å². The molecular weight excluding hydrogens is 295 g/mol. The normalized spacial score (nSPS) is 10.5. The van der Waals surface area contributed by atoms with Crippen LogP contribution in [0.15, 0.2) is 24.3 Å². The van der Waals surface area contributed by atoms with Gasteiger partial charge in [-0.3, -0.25) is 4.79 Å². The number of amides is 1. The van der Waals surface area contributed by atoms with E-state index >= 15 is 0 Å². The molecular formula is C14H15FN2OS2. The average molecular weight is 310 g/mol. The lowest BCUT2D eigenvalue weighted by molar-refractivity contribution is -0.120. The van der Waals surface area contributed by atoms with Crippen molar-refractivity contribution in [2.45, 2.75) is 19.8 Å². The molecule has 20 heavy (non-hydrogen) atoms. The molecule has 0 saturated carbocycles. The maximum atomic E-state index is 13.4. The number of aryl methyl sites for hydroxylation is 1. The number of aromatic amines is 1. The van der Waals surface area contributed by atoms with Crippen molar-refractivity contribution in [3.05, 3.63) is 50.2 Å². The summed E-state index contributed by atoms with van der Waals surface area (Å²) in [6.45, 7) is 2.32. The Morgan fingerprint density at radius 1 is 1.45 bits per heavy atom. The van der Waals surface area contributed by atoms with Crippen molar-refractivity contribution in [2.75, 3.05) is 6.54 Å². The van der Waals surface area contributed by atoms with Crippen LogP contribution in [-0.2, 0) is 17.6 Å². The van der Waals surface area contributed by atoms with Gasteiger partial charge in [-0.15, -0.1) is 11.3 Å². The summed E-state index contributed by atoms with van der Waals surface area (Å²) in [5, 5.41) is 2.80. The zero-order chi connectivity index (χ0) is 14.5. The highest BCUT2D eigenvalue weighted by molar-refractivity contribution is 7.73. The molecule has 2 aromatic rings. The van der Waals surface area contributed by atoms with Crippen molar-refractivity contribution in [2.24, 2.45) is 0 Å². The van der Waals surface area contributed by atoms with Gasteiger partial charge in [0, 0.05) is 17.1 Å². The highest BCUT2D eigenvalue weighted by atomic mass is 32.1. The van der Waals surface area contributed by atoms with Crippen molar-refractivity contribution >= 4 is 29.5 Å². The van der Waals surface area contributed by atoms with Crippen LogP contribution >= 0.6 is 23.6 Å². The number of hydrogen-bond acceptors (Lipinski definition) is 3. The van der Waals surface area contributed by atoms with Crippen LogP contribution in [0.5, 0.6) is 0 Å². The van der Waals surface area contributed by atoms with E-state index in [9.17, 15) is 9.18 Å². The standard InChI is InChI=1S/C14H15FN2OS2/c1-9-12(20-14(19)17-9)8-13(18)16-7-6-10-4-2-3-5-11(10)15/h2-5H,6-8H2,1H3,(H,16,18)(H,17,19). The lowest BCUT2D eigenvalue weighted by Crippen LogP contribution is -2.27. The number of nitrogens with one attached hydrogen (secondary N) is 2. The Morgan fingerprint density at radius 3 is 2.85 bits per heavy atom. The first-order valence-corrected chi connectivity index (χ1v) is 7.47. The predicted octanol–water partition coefficient (Wildman–Crippen LogP) is 3.15. The molecule has 0 spiro atoms. The van der Waals surface area contributed by atoms with E-state index in [1.165, 1.54) is 17.4 Å². The van der Waals surface area contributed by atoms with Crippen molar-refractivity contribution in [3.63, 3.8) is 0 Å². The van der Waals surface area contributed by atoms with E-state index in [0.29, 0.717) is 28.9 Å². The molecule has 1 aromatic heterocycles. The number of benzene rings is 1. The molecule has 1 amide bonds. The second-order valence-corrected chi connectivity index (χ2v) is 6.20. The fraction of sp³-hybridized carbons (Fsp3) is 0.286. The topological polar surface area (TPSA) is 44.9 Å². The van der Waals surface area contributed by atoms with Gasteiger partial charge in [0.05, 0.1) is 6.42 Å². The average Bonchev–Trinajstić information content (AvgIpc) is 2.70. The monoisotopic (exact) mass is 310 g/mol. The number of aromatic nitrogens is 1. The minimum atomic E-state index is -0.235. The van der Waals surface area contributed by atoms with E-state index in [1.54, 1.807) is 18.2 Å². The summed E-state index contributed by atoms with van der Waals surface area (Å²) in [7, 11) is 0. The zero-order valence-electron chi connectivity index (χ0n) is 11.0. The molecule has 0 unspecified atom stereocenters. The van der Waals surface area contributed by atoms with Crippen LogP contribution in [0.2, 0.25) is 0 Å². The lowest BCUT2D eigenvalue weighted by atomic mass is 10.1. The van der Waals surface area contributed by atoms with E-state index in [1.807, 2.05) is 6.92 Å². The molecule has 0 aliphatic rings. The second kappa shape index (κ2) is 6.76. The van der Waals surface area contributed by atoms with Gasteiger partial charge in [0.15, 0.2) is 3.95 Å². The van der Waals surface area contributed by atoms with Crippen molar-refractivity contribution in [3.8, 4) is 0 Å². The van der Waals surface area contributed by atoms with E-state index in [4.69, 9.17) is 12.2 Å². The van der Waals surface area contributed by atoms with Crippen LogP contribution in [0.4, 0.5) is 4.39 Å².